The summed E-state index contributed by atoms with van der Waals surface area (Å²) in [4.78, 5) is 18.2. The molecular formula is C16H24N4O3S. The van der Waals surface area contributed by atoms with E-state index >= 15 is 0 Å². The molecule has 0 bridgehead atoms. The smallest absolute Gasteiger partial charge is 0.262 e. The molecule has 3 fully saturated rings. The van der Waals surface area contributed by atoms with Crippen LogP contribution in [0.1, 0.15) is 38.5 Å². The summed E-state index contributed by atoms with van der Waals surface area (Å²) in [5, 5.41) is 0.119. The van der Waals surface area contributed by atoms with Gasteiger partial charge in [-0.2, -0.15) is 4.31 Å². The van der Waals surface area contributed by atoms with Gasteiger partial charge in [-0.25, -0.2) is 13.4 Å². The maximum Gasteiger partial charge on any atom is 0.262 e. The number of sulfonamides is 1. The van der Waals surface area contributed by atoms with Gasteiger partial charge in [-0.3, -0.25) is 4.79 Å². The molecule has 24 heavy (non-hydrogen) atoms. The molecule has 1 amide bonds. The van der Waals surface area contributed by atoms with E-state index in [4.69, 9.17) is 0 Å². The number of amides is 1. The van der Waals surface area contributed by atoms with E-state index in [9.17, 15) is 13.2 Å². The predicted molar refractivity (Wildman–Crippen MR) is 87.6 cm³/mol. The molecule has 132 valence electrons. The van der Waals surface area contributed by atoms with Crippen molar-refractivity contribution in [2.24, 2.45) is 12.5 Å². The summed E-state index contributed by atoms with van der Waals surface area (Å²) < 4.78 is 29.0. The van der Waals surface area contributed by atoms with Gasteiger partial charge in [0.25, 0.3) is 10.0 Å². The third kappa shape index (κ3) is 2.75. The van der Waals surface area contributed by atoms with Crippen molar-refractivity contribution >= 4 is 15.9 Å². The molecule has 8 heteroatoms. The van der Waals surface area contributed by atoms with Gasteiger partial charge in [-0.15, -0.1) is 0 Å². The van der Waals surface area contributed by atoms with E-state index in [1.54, 1.807) is 22.1 Å². The van der Waals surface area contributed by atoms with Crippen LogP contribution in [0.3, 0.4) is 0 Å². The molecule has 1 aliphatic carbocycles. The minimum atomic E-state index is -3.55. The normalized spacial score (nSPS) is 29.4. The molecule has 1 atom stereocenters. The van der Waals surface area contributed by atoms with Crippen molar-refractivity contribution in [1.82, 2.24) is 18.8 Å². The SMILES string of the molecule is Cn1cnc(S(=O)(=O)N2CCC[C@@]3(CCC(=O)N(C4CC4)C3)C2)c1. The fraction of sp³-hybridized carbons (Fsp3) is 0.750. The quantitative estimate of drug-likeness (QED) is 0.812. The lowest BCUT2D eigenvalue weighted by Gasteiger charge is -2.47. The second-order valence-corrected chi connectivity index (χ2v) is 9.46. The number of aryl methyl sites for hydroxylation is 1. The van der Waals surface area contributed by atoms with Crippen molar-refractivity contribution in [3.8, 4) is 0 Å². The van der Waals surface area contributed by atoms with Crippen LogP contribution in [0.4, 0.5) is 0 Å². The number of likely N-dealkylation sites (tertiary alicyclic amines) is 1. The lowest BCUT2D eigenvalue weighted by molar-refractivity contribution is -0.139. The van der Waals surface area contributed by atoms with Crippen LogP contribution < -0.4 is 0 Å². The monoisotopic (exact) mass is 352 g/mol. The molecular weight excluding hydrogens is 328 g/mol. The van der Waals surface area contributed by atoms with E-state index in [2.05, 4.69) is 4.98 Å². The number of nitrogens with zero attached hydrogens (tertiary/aromatic N) is 4. The highest BCUT2D eigenvalue weighted by molar-refractivity contribution is 7.89. The predicted octanol–water partition coefficient (Wildman–Crippen LogP) is 0.976. The van der Waals surface area contributed by atoms with Crippen molar-refractivity contribution in [2.45, 2.75) is 49.6 Å². The van der Waals surface area contributed by atoms with Gasteiger partial charge in [-0.1, -0.05) is 0 Å². The van der Waals surface area contributed by atoms with Gasteiger partial charge >= 0.3 is 0 Å². The molecule has 3 heterocycles. The standard InChI is InChI=1S/C16H24N4O3S/c1-18-9-14(17-12-18)24(22,23)19-8-2-6-16(10-19)7-5-15(21)20(11-16)13-3-4-13/h9,12-13H,2-8,10-11H2,1H3/t16-/m1/s1. The first kappa shape index (κ1) is 16.1. The number of carbonyl (C=O) groups is 1. The van der Waals surface area contributed by atoms with Crippen LogP contribution in [0.2, 0.25) is 0 Å². The van der Waals surface area contributed by atoms with E-state index in [0.717, 1.165) is 32.1 Å². The van der Waals surface area contributed by atoms with Gasteiger partial charge in [0.2, 0.25) is 5.91 Å². The van der Waals surface area contributed by atoms with Crippen LogP contribution in [-0.2, 0) is 21.9 Å². The van der Waals surface area contributed by atoms with E-state index in [0.29, 0.717) is 32.1 Å². The van der Waals surface area contributed by atoms with E-state index in [1.807, 2.05) is 4.90 Å². The van der Waals surface area contributed by atoms with E-state index in [1.165, 1.54) is 6.33 Å². The second kappa shape index (κ2) is 5.56. The number of rotatable bonds is 3. The van der Waals surface area contributed by atoms with Crippen molar-refractivity contribution in [3.63, 3.8) is 0 Å². The zero-order valence-corrected chi connectivity index (χ0v) is 14.8. The number of aromatic nitrogens is 2. The third-order valence-electron chi connectivity index (χ3n) is 5.59. The Hall–Kier alpha value is -1.41. The third-order valence-corrected chi connectivity index (χ3v) is 7.33. The van der Waals surface area contributed by atoms with E-state index < -0.39 is 10.0 Å². The summed E-state index contributed by atoms with van der Waals surface area (Å²) in [5.74, 6) is 0.243. The summed E-state index contributed by atoms with van der Waals surface area (Å²) >= 11 is 0. The molecule has 1 saturated carbocycles. The molecule has 0 N–H and O–H groups in total. The minimum absolute atomic E-state index is 0.0867. The van der Waals surface area contributed by atoms with Crippen molar-refractivity contribution < 1.29 is 13.2 Å². The molecule has 1 aromatic rings. The number of hydrogen-bond acceptors (Lipinski definition) is 4. The highest BCUT2D eigenvalue weighted by Crippen LogP contribution is 2.43. The molecule has 2 saturated heterocycles. The Morgan fingerprint density at radius 2 is 2.04 bits per heavy atom. The molecule has 3 aliphatic rings. The molecule has 4 rings (SSSR count). The largest absolute Gasteiger partial charge is 0.339 e. The summed E-state index contributed by atoms with van der Waals surface area (Å²) in [7, 11) is -1.79. The first-order valence-electron chi connectivity index (χ1n) is 8.67. The van der Waals surface area contributed by atoms with Crippen molar-refractivity contribution in [2.75, 3.05) is 19.6 Å². The Bertz CT molecular complexity index is 755. The molecule has 1 aromatic heterocycles. The molecule has 0 unspecified atom stereocenters. The van der Waals surface area contributed by atoms with Gasteiger partial charge in [0.1, 0.15) is 0 Å². The number of piperidine rings is 2. The van der Waals surface area contributed by atoms with Gasteiger partial charge < -0.3 is 9.47 Å². The molecule has 7 nitrogen and oxygen atoms in total. The first-order chi connectivity index (χ1) is 11.4. The molecule has 2 aliphatic heterocycles. The van der Waals surface area contributed by atoms with Crippen molar-refractivity contribution in [3.05, 3.63) is 12.5 Å². The van der Waals surface area contributed by atoms with Crippen LogP contribution in [-0.4, -0.2) is 58.8 Å². The Labute approximate surface area is 142 Å². The average Bonchev–Trinajstić information content (AvgIpc) is 3.31. The molecule has 1 spiro atoms. The van der Waals surface area contributed by atoms with Crippen molar-refractivity contribution in [1.29, 1.82) is 0 Å². The number of carbonyl (C=O) groups excluding carboxylic acids is 1. The summed E-state index contributed by atoms with van der Waals surface area (Å²) in [6.07, 6.45) is 8.45. The van der Waals surface area contributed by atoms with Crippen LogP contribution in [0.15, 0.2) is 17.6 Å². The van der Waals surface area contributed by atoms with Gasteiger partial charge in [0.05, 0.1) is 6.33 Å². The topological polar surface area (TPSA) is 75.5 Å². The summed E-state index contributed by atoms with van der Waals surface area (Å²) in [6.45, 7) is 1.76. The van der Waals surface area contributed by atoms with Crippen LogP contribution in [0.5, 0.6) is 0 Å². The van der Waals surface area contributed by atoms with Crippen LogP contribution in [0, 0.1) is 5.41 Å². The van der Waals surface area contributed by atoms with Crippen LogP contribution in [0.25, 0.3) is 0 Å². The zero-order chi connectivity index (χ0) is 16.9. The van der Waals surface area contributed by atoms with Gasteiger partial charge in [0.15, 0.2) is 5.03 Å². The Morgan fingerprint density at radius 3 is 2.71 bits per heavy atom. The Kier molecular flexibility index (Phi) is 3.72. The Balaban J connectivity index is 1.56. The second-order valence-electron chi connectivity index (χ2n) is 7.57. The average molecular weight is 352 g/mol. The van der Waals surface area contributed by atoms with Gasteiger partial charge in [-0.05, 0) is 32.1 Å². The lowest BCUT2D eigenvalue weighted by atomic mass is 9.74. The van der Waals surface area contributed by atoms with E-state index in [-0.39, 0.29) is 16.3 Å². The Morgan fingerprint density at radius 1 is 1.25 bits per heavy atom. The number of hydrogen-bond donors (Lipinski definition) is 0. The maximum absolute atomic E-state index is 12.9. The van der Waals surface area contributed by atoms with Gasteiger partial charge in [0, 0.05) is 50.8 Å². The zero-order valence-electron chi connectivity index (χ0n) is 14.0. The molecule has 0 radical (unpaired) electrons. The maximum atomic E-state index is 12.9. The fourth-order valence-electron chi connectivity index (χ4n) is 4.12. The highest BCUT2D eigenvalue weighted by Gasteiger charge is 2.47. The summed E-state index contributed by atoms with van der Waals surface area (Å²) in [5.41, 5.74) is -0.0867. The highest BCUT2D eigenvalue weighted by atomic mass is 32.2. The number of imidazole rings is 1. The first-order valence-corrected chi connectivity index (χ1v) is 10.1. The lowest BCUT2D eigenvalue weighted by Crippen LogP contribution is -2.55. The minimum Gasteiger partial charge on any atom is -0.339 e. The molecule has 0 aromatic carbocycles. The summed E-state index contributed by atoms with van der Waals surface area (Å²) in [6, 6.07) is 0.400. The fourth-order valence-corrected chi connectivity index (χ4v) is 5.68. The van der Waals surface area contributed by atoms with Crippen LogP contribution >= 0.6 is 0 Å².